The molecule has 16 heteroatoms. The summed E-state index contributed by atoms with van der Waals surface area (Å²) in [4.78, 5) is 12.4. The van der Waals surface area contributed by atoms with E-state index in [1.54, 1.807) is 0 Å². The number of imidazole rings is 1. The molecule has 4 rings (SSSR count). The number of hydrogen-bond acceptors (Lipinski definition) is 14. The first-order valence-corrected chi connectivity index (χ1v) is 13.6. The number of hydrogen-bond donors (Lipinski definition) is 3. The molecule has 2 aliphatic heterocycles. The number of fused-ring (bicyclic) bond motifs is 2. The third kappa shape index (κ3) is 4.58. The van der Waals surface area contributed by atoms with E-state index in [0.717, 1.165) is 0 Å². The Labute approximate surface area is 191 Å². The molecule has 2 aromatic rings. The maximum absolute atomic E-state index is 12.9. The highest BCUT2D eigenvalue weighted by Crippen LogP contribution is 2.58. The predicted octanol–water partition coefficient (Wildman–Crippen LogP) is 0.979. The zero-order valence-electron chi connectivity index (χ0n) is 17.3. The van der Waals surface area contributed by atoms with Gasteiger partial charge in [-0.05, 0) is 6.92 Å². The Morgan fingerprint density at radius 3 is 2.94 bits per heavy atom. The fourth-order valence-electron chi connectivity index (χ4n) is 3.50. The van der Waals surface area contributed by atoms with Crippen LogP contribution in [0.5, 0.6) is 5.88 Å². The van der Waals surface area contributed by atoms with E-state index in [-0.39, 0.29) is 31.6 Å². The Balaban J connectivity index is 1.50. The highest BCUT2D eigenvalue weighted by Gasteiger charge is 2.60. The molecule has 0 aliphatic carbocycles. The number of nitrogens with two attached hydrogens (primary N) is 1. The van der Waals surface area contributed by atoms with Crippen molar-refractivity contribution in [2.75, 3.05) is 44.2 Å². The van der Waals surface area contributed by atoms with Crippen LogP contribution in [0.4, 0.5) is 5.95 Å². The maximum atomic E-state index is 12.9. The van der Waals surface area contributed by atoms with Crippen LogP contribution in [0.2, 0.25) is 0 Å². The molecule has 0 bridgehead atoms. The number of nitrogens with zero attached hydrogens (tertiary/aromatic N) is 4. The van der Waals surface area contributed by atoms with E-state index in [1.165, 1.54) is 46.5 Å². The lowest BCUT2D eigenvalue weighted by atomic mass is 9.96. The highest BCUT2D eigenvalue weighted by atomic mass is 33.1. The van der Waals surface area contributed by atoms with Gasteiger partial charge in [0, 0.05) is 11.5 Å². The van der Waals surface area contributed by atoms with Crippen LogP contribution in [-0.4, -0.2) is 86.0 Å². The number of anilines is 1. The number of rotatable bonds is 9. The Hall–Kier alpha value is -1.16. The molecule has 2 aliphatic rings. The van der Waals surface area contributed by atoms with E-state index in [1.807, 2.05) is 0 Å². The molecule has 178 valence electrons. The lowest BCUT2D eigenvalue weighted by molar-refractivity contribution is -0.0907. The molecule has 0 amide bonds. The third-order valence-electron chi connectivity index (χ3n) is 4.88. The summed E-state index contributed by atoms with van der Waals surface area (Å²) in [6.45, 7) is 1.62. The van der Waals surface area contributed by atoms with Crippen molar-refractivity contribution < 1.29 is 37.8 Å². The van der Waals surface area contributed by atoms with Crippen LogP contribution in [0.3, 0.4) is 0 Å². The van der Waals surface area contributed by atoms with Crippen molar-refractivity contribution in [3.63, 3.8) is 0 Å². The normalized spacial score (nSPS) is 32.3. The van der Waals surface area contributed by atoms with Crippen LogP contribution in [0.25, 0.3) is 11.2 Å². The van der Waals surface area contributed by atoms with E-state index in [2.05, 4.69) is 15.0 Å². The Kier molecular flexibility index (Phi) is 7.20. The quantitative estimate of drug-likeness (QED) is 0.248. The van der Waals surface area contributed by atoms with Gasteiger partial charge in [0.1, 0.15) is 17.8 Å². The maximum Gasteiger partial charge on any atom is 0.475 e. The first kappa shape index (κ1) is 24.0. The Bertz CT molecular complexity index is 1010. The largest absolute Gasteiger partial charge is 0.479 e. The molecule has 5 atom stereocenters. The lowest BCUT2D eigenvalue weighted by Crippen LogP contribution is -2.47. The number of methoxy groups -OCH3 is 1. The molecule has 2 fully saturated rings. The van der Waals surface area contributed by atoms with E-state index in [0.29, 0.717) is 22.7 Å². The van der Waals surface area contributed by atoms with E-state index < -0.39 is 31.9 Å². The first-order chi connectivity index (χ1) is 15.3. The van der Waals surface area contributed by atoms with Crippen LogP contribution in [0.1, 0.15) is 13.2 Å². The molecule has 32 heavy (non-hydrogen) atoms. The lowest BCUT2D eigenvalue weighted by Gasteiger charge is -2.34. The van der Waals surface area contributed by atoms with Gasteiger partial charge in [-0.2, -0.15) is 9.97 Å². The molecular weight excluding hydrogens is 485 g/mol. The van der Waals surface area contributed by atoms with Gasteiger partial charge in [-0.15, -0.1) is 0 Å². The first-order valence-electron chi connectivity index (χ1n) is 9.63. The smallest absolute Gasteiger partial charge is 0.475 e. The molecule has 2 saturated heterocycles. The van der Waals surface area contributed by atoms with Crippen molar-refractivity contribution in [3.05, 3.63) is 6.33 Å². The minimum absolute atomic E-state index is 0.0290. The zero-order chi connectivity index (χ0) is 22.9. The van der Waals surface area contributed by atoms with Crippen molar-refractivity contribution in [2.24, 2.45) is 0 Å². The monoisotopic (exact) mass is 509 g/mol. The van der Waals surface area contributed by atoms with Crippen molar-refractivity contribution in [3.8, 4) is 5.88 Å². The van der Waals surface area contributed by atoms with Crippen molar-refractivity contribution >= 4 is 46.5 Å². The van der Waals surface area contributed by atoms with Gasteiger partial charge in [-0.1, -0.05) is 21.6 Å². The Morgan fingerprint density at radius 2 is 2.19 bits per heavy atom. The summed E-state index contributed by atoms with van der Waals surface area (Å²) in [5, 5.41) is 20.1. The highest BCUT2D eigenvalue weighted by molar-refractivity contribution is 8.76. The van der Waals surface area contributed by atoms with Crippen LogP contribution in [0, 0.1) is 0 Å². The summed E-state index contributed by atoms with van der Waals surface area (Å²) in [6.07, 6.45) is -1.24. The van der Waals surface area contributed by atoms with Gasteiger partial charge in [-0.3, -0.25) is 18.1 Å². The fraction of sp³-hybridized carbons (Fsp3) is 0.688. The van der Waals surface area contributed by atoms with Crippen LogP contribution in [0.15, 0.2) is 6.33 Å². The summed E-state index contributed by atoms with van der Waals surface area (Å²) >= 11 is 0. The van der Waals surface area contributed by atoms with Crippen molar-refractivity contribution in [1.29, 1.82) is 0 Å². The van der Waals surface area contributed by atoms with Gasteiger partial charge in [0.25, 0.3) is 0 Å². The van der Waals surface area contributed by atoms with E-state index in [9.17, 15) is 9.67 Å². The van der Waals surface area contributed by atoms with Gasteiger partial charge >= 0.3 is 7.82 Å². The molecule has 13 nitrogen and oxygen atoms in total. The molecule has 4 N–H and O–H groups in total. The molecule has 4 heterocycles. The summed E-state index contributed by atoms with van der Waals surface area (Å²) in [6, 6.07) is 0. The second-order valence-electron chi connectivity index (χ2n) is 7.14. The zero-order valence-corrected chi connectivity index (χ0v) is 19.8. The molecule has 2 aromatic heterocycles. The van der Waals surface area contributed by atoms with Gasteiger partial charge in [0.2, 0.25) is 11.8 Å². The number of aliphatic hydroxyl groups excluding tert-OH is 1. The van der Waals surface area contributed by atoms with Crippen molar-refractivity contribution in [2.45, 2.75) is 31.0 Å². The van der Waals surface area contributed by atoms with Gasteiger partial charge in [0.15, 0.2) is 17.4 Å². The molecule has 0 radical (unpaired) electrons. The predicted molar refractivity (Wildman–Crippen MR) is 117 cm³/mol. The molecule has 0 spiro atoms. The van der Waals surface area contributed by atoms with E-state index in [4.69, 9.17) is 33.9 Å². The number of nitrogen functional groups attached to an aromatic ring is 1. The number of phosphoric ester groups is 1. The van der Waals surface area contributed by atoms with E-state index >= 15 is 0 Å². The second kappa shape index (κ2) is 9.60. The topological polar surface area (TPSA) is 173 Å². The SMILES string of the molecule is COc1nc(N)nc2c1ncn2[C@@H]1O[C@@H]2CO[P@](=O)(OCCSSCCO)O[C@H]2[C@@]1(C)O. The second-order valence-corrected chi connectivity index (χ2v) is 11.5. The molecular formula is C16H24N5O8PS2. The van der Waals surface area contributed by atoms with Gasteiger partial charge < -0.3 is 25.4 Å². The third-order valence-corrected chi connectivity index (χ3v) is 8.68. The molecule has 0 saturated carbocycles. The average Bonchev–Trinajstić information content (AvgIpc) is 3.28. The standard InChI is InChI=1S/C16H24N5O8PS2/c1-16(23)11-9(7-27-30(24,29-11)26-4-6-32-31-5-3-22)28-14(16)21-8-18-10-12(21)19-15(17)20-13(10)25-2/h8-9,11,14,22-23H,3-7H2,1-2H3,(H2,17,19,20)/t9-,11-,14-,16-,30+/m1/s1. The molecule has 0 aromatic carbocycles. The fourth-order valence-corrected chi connectivity index (χ4v) is 6.69. The van der Waals surface area contributed by atoms with Crippen molar-refractivity contribution in [1.82, 2.24) is 19.5 Å². The van der Waals surface area contributed by atoms with Crippen LogP contribution >= 0.6 is 29.4 Å². The summed E-state index contributed by atoms with van der Waals surface area (Å²) in [5.74, 6) is 1.27. The number of phosphoric acid groups is 1. The number of aromatic nitrogens is 4. The minimum Gasteiger partial charge on any atom is -0.479 e. The summed E-state index contributed by atoms with van der Waals surface area (Å²) in [5.41, 5.74) is 4.79. The van der Waals surface area contributed by atoms with Crippen LogP contribution < -0.4 is 10.5 Å². The average molecular weight is 510 g/mol. The van der Waals surface area contributed by atoms with Gasteiger partial charge in [-0.25, -0.2) is 9.55 Å². The summed E-state index contributed by atoms with van der Waals surface area (Å²) < 4.78 is 41.9. The van der Waals surface area contributed by atoms with Gasteiger partial charge in [0.05, 0.1) is 33.3 Å². The minimum atomic E-state index is -3.89. The summed E-state index contributed by atoms with van der Waals surface area (Å²) in [7, 11) is 0.487. The molecule has 0 unspecified atom stereocenters. The number of ether oxygens (including phenoxy) is 2. The van der Waals surface area contributed by atoms with Crippen LogP contribution in [-0.2, 0) is 22.9 Å². The Morgan fingerprint density at radius 1 is 1.41 bits per heavy atom. The number of aliphatic hydroxyl groups is 2.